The van der Waals surface area contributed by atoms with Crippen molar-refractivity contribution < 1.29 is 0 Å². The third-order valence-corrected chi connectivity index (χ3v) is 8.70. The van der Waals surface area contributed by atoms with Gasteiger partial charge in [-0.15, -0.1) is 0 Å². The van der Waals surface area contributed by atoms with Crippen LogP contribution in [-0.2, 0) is 0 Å². The van der Waals surface area contributed by atoms with E-state index in [1.807, 2.05) is 0 Å². The standard InChI is InChI=1S/C13H27.C8H5.Sn/c1-4-7-10-13(11-8-5-2)12-9-6-3;1-2-8-6-4-3-5-7-8;/h4-12H2,1-3H3;3-7H;. The first-order valence-corrected chi connectivity index (χ1v) is 11.9. The quantitative estimate of drug-likeness (QED) is 0.312. The van der Waals surface area contributed by atoms with Gasteiger partial charge in [0.15, 0.2) is 0 Å². The maximum atomic E-state index is 3.69. The Morgan fingerprint density at radius 3 is 1.77 bits per heavy atom. The van der Waals surface area contributed by atoms with Gasteiger partial charge in [-0.2, -0.15) is 0 Å². The summed E-state index contributed by atoms with van der Waals surface area (Å²) in [6, 6.07) is 10.5. The van der Waals surface area contributed by atoms with Crippen molar-refractivity contribution in [1.82, 2.24) is 0 Å². The molecule has 1 aromatic rings. The van der Waals surface area contributed by atoms with Crippen LogP contribution in [0, 0.1) is 9.86 Å². The fraction of sp³-hybridized carbons (Fsp3) is 0.619. The zero-order valence-electron chi connectivity index (χ0n) is 14.8. The van der Waals surface area contributed by atoms with Crippen LogP contribution in [0.4, 0.5) is 0 Å². The minimum absolute atomic E-state index is 0.632. The maximum absolute atomic E-state index is 3.69. The Hall–Kier alpha value is -0.421. The molecule has 0 aliphatic carbocycles. The summed E-state index contributed by atoms with van der Waals surface area (Å²) >= 11 is -0.665. The van der Waals surface area contributed by atoms with E-state index in [-0.39, 0.29) is 0 Å². The van der Waals surface area contributed by atoms with Gasteiger partial charge in [-0.25, -0.2) is 0 Å². The topological polar surface area (TPSA) is 0 Å². The first-order valence-electron chi connectivity index (χ1n) is 9.09. The Morgan fingerprint density at radius 2 is 1.32 bits per heavy atom. The molecular formula is C21H32Sn. The number of unbranched alkanes of at least 4 members (excludes halogenated alkanes) is 3. The average Bonchev–Trinajstić information content (AvgIpc) is 2.57. The summed E-state index contributed by atoms with van der Waals surface area (Å²) in [5.74, 6) is 3.45. The van der Waals surface area contributed by atoms with E-state index in [9.17, 15) is 0 Å². The van der Waals surface area contributed by atoms with E-state index in [1.54, 1.807) is 0 Å². The van der Waals surface area contributed by atoms with E-state index >= 15 is 0 Å². The van der Waals surface area contributed by atoms with Gasteiger partial charge in [0.2, 0.25) is 0 Å². The van der Waals surface area contributed by atoms with E-state index in [1.165, 1.54) is 63.4 Å². The van der Waals surface area contributed by atoms with E-state index in [4.69, 9.17) is 0 Å². The van der Waals surface area contributed by atoms with Crippen LogP contribution in [-0.4, -0.2) is 21.1 Å². The average molecular weight is 403 g/mol. The number of hydrogen-bond acceptors (Lipinski definition) is 0. The van der Waals surface area contributed by atoms with Crippen molar-refractivity contribution in [2.45, 2.75) is 82.0 Å². The Balaban J connectivity index is 2.78. The molecule has 1 rings (SSSR count). The van der Waals surface area contributed by atoms with Gasteiger partial charge in [0.25, 0.3) is 0 Å². The third kappa shape index (κ3) is 7.72. The fourth-order valence-electron chi connectivity index (χ4n) is 2.87. The SMILES string of the molecule is CCCC[C](CCCC)(CCCC)[Sn][C]#Cc1ccccc1. The van der Waals surface area contributed by atoms with Crippen molar-refractivity contribution >= 4 is 21.1 Å². The van der Waals surface area contributed by atoms with E-state index in [2.05, 4.69) is 61.0 Å². The number of benzene rings is 1. The van der Waals surface area contributed by atoms with Crippen LogP contribution in [0.5, 0.6) is 0 Å². The molecule has 0 spiro atoms. The van der Waals surface area contributed by atoms with Crippen molar-refractivity contribution in [2.75, 3.05) is 0 Å². The molecule has 0 heterocycles. The first-order chi connectivity index (χ1) is 10.8. The molecule has 1 heteroatoms. The summed E-state index contributed by atoms with van der Waals surface area (Å²) in [5, 5.41) is 0. The van der Waals surface area contributed by atoms with Gasteiger partial charge in [0, 0.05) is 0 Å². The Labute approximate surface area is 148 Å². The summed E-state index contributed by atoms with van der Waals surface area (Å²) in [7, 11) is 0. The van der Waals surface area contributed by atoms with Gasteiger partial charge in [0.05, 0.1) is 0 Å². The molecule has 120 valence electrons. The summed E-state index contributed by atoms with van der Waals surface area (Å²) < 4.78 is 4.32. The molecule has 22 heavy (non-hydrogen) atoms. The number of rotatable bonds is 10. The van der Waals surface area contributed by atoms with Crippen molar-refractivity contribution in [1.29, 1.82) is 0 Å². The van der Waals surface area contributed by atoms with Gasteiger partial charge in [-0.3, -0.25) is 0 Å². The van der Waals surface area contributed by atoms with Gasteiger partial charge in [-0.05, 0) is 0 Å². The van der Waals surface area contributed by atoms with Crippen LogP contribution in [0.2, 0.25) is 3.43 Å². The zero-order chi connectivity index (χ0) is 16.1. The summed E-state index contributed by atoms with van der Waals surface area (Å²) in [6.07, 6.45) is 12.4. The second-order valence-corrected chi connectivity index (χ2v) is 10.8. The second kappa shape index (κ2) is 12.1. The normalized spacial score (nSPS) is 11.0. The van der Waals surface area contributed by atoms with Crippen molar-refractivity contribution in [3.8, 4) is 9.86 Å². The van der Waals surface area contributed by atoms with Crippen LogP contribution in [0.3, 0.4) is 0 Å². The molecule has 0 unspecified atom stereocenters. The summed E-state index contributed by atoms with van der Waals surface area (Å²) in [4.78, 5) is 0. The Morgan fingerprint density at radius 1 is 0.818 bits per heavy atom. The molecule has 0 nitrogen and oxygen atoms in total. The van der Waals surface area contributed by atoms with Crippen molar-refractivity contribution in [3.05, 3.63) is 35.9 Å². The molecular weight excluding hydrogens is 371 g/mol. The van der Waals surface area contributed by atoms with Crippen LogP contribution >= 0.6 is 0 Å². The van der Waals surface area contributed by atoms with E-state index in [0.29, 0.717) is 3.43 Å². The molecule has 0 aromatic heterocycles. The summed E-state index contributed by atoms with van der Waals surface area (Å²) in [6.45, 7) is 6.97. The molecule has 0 saturated heterocycles. The third-order valence-electron chi connectivity index (χ3n) is 4.33. The molecule has 2 radical (unpaired) electrons. The van der Waals surface area contributed by atoms with Crippen molar-refractivity contribution in [3.63, 3.8) is 0 Å². The number of hydrogen-bond donors (Lipinski definition) is 0. The van der Waals surface area contributed by atoms with Gasteiger partial charge >= 0.3 is 149 Å². The van der Waals surface area contributed by atoms with E-state index < -0.39 is 21.1 Å². The van der Waals surface area contributed by atoms with Crippen LogP contribution in [0.15, 0.2) is 30.3 Å². The van der Waals surface area contributed by atoms with Gasteiger partial charge in [-0.1, -0.05) is 0 Å². The molecule has 0 N–H and O–H groups in total. The van der Waals surface area contributed by atoms with Gasteiger partial charge < -0.3 is 0 Å². The monoisotopic (exact) mass is 404 g/mol. The zero-order valence-corrected chi connectivity index (χ0v) is 17.6. The molecule has 0 saturated carbocycles. The molecule has 0 fully saturated rings. The van der Waals surface area contributed by atoms with Gasteiger partial charge in [0.1, 0.15) is 0 Å². The predicted molar refractivity (Wildman–Crippen MR) is 100 cm³/mol. The van der Waals surface area contributed by atoms with Crippen LogP contribution in [0.25, 0.3) is 0 Å². The second-order valence-electron chi connectivity index (χ2n) is 6.33. The Bertz CT molecular complexity index is 416. The molecule has 0 aliphatic heterocycles. The summed E-state index contributed by atoms with van der Waals surface area (Å²) in [5.41, 5.74) is 1.19. The van der Waals surface area contributed by atoms with E-state index in [0.717, 1.165) is 0 Å². The molecule has 0 amide bonds. The first kappa shape index (κ1) is 19.6. The van der Waals surface area contributed by atoms with Crippen molar-refractivity contribution in [2.24, 2.45) is 0 Å². The molecule has 0 aliphatic rings. The Kier molecular flexibility index (Phi) is 10.8. The van der Waals surface area contributed by atoms with Crippen LogP contribution < -0.4 is 0 Å². The molecule has 0 bridgehead atoms. The minimum atomic E-state index is -0.665. The predicted octanol–water partition coefficient (Wildman–Crippen LogP) is 6.43. The fourth-order valence-corrected chi connectivity index (χ4v) is 6.80. The molecule has 0 atom stereocenters. The molecule has 1 aromatic carbocycles. The van der Waals surface area contributed by atoms with Crippen LogP contribution in [0.1, 0.15) is 84.1 Å².